The van der Waals surface area contributed by atoms with Crippen molar-refractivity contribution < 1.29 is 4.74 Å². The summed E-state index contributed by atoms with van der Waals surface area (Å²) >= 11 is 3.48. The number of halogens is 1. The Morgan fingerprint density at radius 1 is 1.62 bits per heavy atom. The smallest absolute Gasteiger partial charge is 0.0975 e. The van der Waals surface area contributed by atoms with Gasteiger partial charge in [0.1, 0.15) is 0 Å². The Morgan fingerprint density at radius 2 is 2.54 bits per heavy atom. The molecule has 4 heteroatoms. The highest BCUT2D eigenvalue weighted by Gasteiger charge is 2.17. The number of aromatic nitrogens is 1. The Hall–Kier alpha value is -0.450. The van der Waals surface area contributed by atoms with Crippen LogP contribution in [-0.2, 0) is 4.74 Å². The van der Waals surface area contributed by atoms with Crippen LogP contribution in [0.1, 0.15) is 11.7 Å². The predicted octanol–water partition coefficient (Wildman–Crippen LogP) is 1.50. The lowest BCUT2D eigenvalue weighted by molar-refractivity contribution is 0.0270. The molecule has 1 aromatic heterocycles. The van der Waals surface area contributed by atoms with Crippen LogP contribution in [0.25, 0.3) is 0 Å². The van der Waals surface area contributed by atoms with Gasteiger partial charge in [-0.05, 0) is 6.07 Å². The van der Waals surface area contributed by atoms with E-state index in [4.69, 9.17) is 4.74 Å². The largest absolute Gasteiger partial charge is 0.371 e. The molecule has 0 bridgehead atoms. The summed E-state index contributed by atoms with van der Waals surface area (Å²) in [6.45, 7) is 2.57. The molecule has 1 aromatic rings. The molecule has 1 atom stereocenters. The Labute approximate surface area is 85.6 Å². The van der Waals surface area contributed by atoms with Gasteiger partial charge in [-0.2, -0.15) is 0 Å². The van der Waals surface area contributed by atoms with E-state index in [1.165, 1.54) is 0 Å². The summed E-state index contributed by atoms with van der Waals surface area (Å²) in [5.74, 6) is 0. The topological polar surface area (TPSA) is 34.2 Å². The first-order chi connectivity index (χ1) is 6.38. The van der Waals surface area contributed by atoms with Crippen LogP contribution in [0.4, 0.5) is 0 Å². The van der Waals surface area contributed by atoms with Gasteiger partial charge in [0.15, 0.2) is 0 Å². The highest BCUT2D eigenvalue weighted by atomic mass is 79.9. The molecular formula is C9H11BrN2O. The number of pyridine rings is 1. The molecule has 1 fully saturated rings. The second kappa shape index (κ2) is 4.17. The average Bonchev–Trinajstić information content (AvgIpc) is 2.20. The Morgan fingerprint density at radius 3 is 3.23 bits per heavy atom. The van der Waals surface area contributed by atoms with Crippen LogP contribution in [0.15, 0.2) is 22.9 Å². The molecular weight excluding hydrogens is 232 g/mol. The number of nitrogens with zero attached hydrogens (tertiary/aromatic N) is 1. The van der Waals surface area contributed by atoms with Crippen molar-refractivity contribution in [1.29, 1.82) is 0 Å². The van der Waals surface area contributed by atoms with Crippen LogP contribution in [0.3, 0.4) is 0 Å². The summed E-state index contributed by atoms with van der Waals surface area (Å²) < 4.78 is 6.68. The molecule has 2 rings (SSSR count). The summed E-state index contributed by atoms with van der Waals surface area (Å²) in [6, 6.07) is 1.94. The van der Waals surface area contributed by atoms with Gasteiger partial charge in [-0.15, -0.1) is 0 Å². The van der Waals surface area contributed by atoms with Gasteiger partial charge in [0.2, 0.25) is 0 Å². The monoisotopic (exact) mass is 242 g/mol. The summed E-state index contributed by atoms with van der Waals surface area (Å²) in [7, 11) is 0. The van der Waals surface area contributed by atoms with Gasteiger partial charge in [-0.25, -0.2) is 0 Å². The average molecular weight is 243 g/mol. The van der Waals surface area contributed by atoms with Crippen molar-refractivity contribution in [2.45, 2.75) is 6.10 Å². The second-order valence-corrected chi connectivity index (χ2v) is 3.82. The van der Waals surface area contributed by atoms with E-state index in [0.717, 1.165) is 29.7 Å². The van der Waals surface area contributed by atoms with Crippen molar-refractivity contribution >= 4 is 15.9 Å². The molecule has 70 valence electrons. The van der Waals surface area contributed by atoms with E-state index in [0.29, 0.717) is 0 Å². The van der Waals surface area contributed by atoms with E-state index < -0.39 is 0 Å². The fourth-order valence-electron chi connectivity index (χ4n) is 1.39. The van der Waals surface area contributed by atoms with Crippen molar-refractivity contribution in [3.63, 3.8) is 0 Å². The van der Waals surface area contributed by atoms with Crippen LogP contribution in [0.5, 0.6) is 0 Å². The van der Waals surface area contributed by atoms with Crippen LogP contribution in [0.2, 0.25) is 0 Å². The van der Waals surface area contributed by atoms with Crippen LogP contribution < -0.4 is 5.32 Å². The quantitative estimate of drug-likeness (QED) is 0.811. The van der Waals surface area contributed by atoms with Gasteiger partial charge in [0.25, 0.3) is 0 Å². The van der Waals surface area contributed by atoms with Gasteiger partial charge < -0.3 is 10.1 Å². The summed E-state index contributed by atoms with van der Waals surface area (Å²) in [5, 5.41) is 3.29. The maximum atomic E-state index is 5.61. The minimum atomic E-state index is 0.136. The summed E-state index contributed by atoms with van der Waals surface area (Å²) in [5.41, 5.74) is 1.12. The first kappa shape index (κ1) is 9.12. The normalized spacial score (nSPS) is 23.0. The molecule has 0 aromatic carbocycles. The number of morpholine rings is 1. The third-order valence-corrected chi connectivity index (χ3v) is 2.79. The lowest BCUT2D eigenvalue weighted by Crippen LogP contribution is -2.33. The van der Waals surface area contributed by atoms with Crippen molar-refractivity contribution in [3.05, 3.63) is 28.5 Å². The van der Waals surface area contributed by atoms with E-state index in [-0.39, 0.29) is 6.10 Å². The lowest BCUT2D eigenvalue weighted by Gasteiger charge is -2.24. The molecule has 3 nitrogen and oxygen atoms in total. The van der Waals surface area contributed by atoms with Crippen molar-refractivity contribution in [2.75, 3.05) is 19.7 Å². The van der Waals surface area contributed by atoms with Gasteiger partial charge >= 0.3 is 0 Å². The predicted molar refractivity (Wildman–Crippen MR) is 53.5 cm³/mol. The van der Waals surface area contributed by atoms with Gasteiger partial charge in [-0.1, -0.05) is 15.9 Å². The first-order valence-electron chi connectivity index (χ1n) is 4.29. The number of hydrogen-bond acceptors (Lipinski definition) is 3. The fourth-order valence-corrected chi connectivity index (χ4v) is 1.87. The highest BCUT2D eigenvalue weighted by Crippen LogP contribution is 2.25. The molecule has 1 unspecified atom stereocenters. The van der Waals surface area contributed by atoms with E-state index in [2.05, 4.69) is 26.2 Å². The molecule has 1 N–H and O–H groups in total. The molecule has 0 aliphatic carbocycles. The first-order valence-corrected chi connectivity index (χ1v) is 5.09. The summed E-state index contributed by atoms with van der Waals surface area (Å²) in [4.78, 5) is 4.08. The molecule has 1 aliphatic rings. The zero-order valence-corrected chi connectivity index (χ0v) is 8.75. The maximum Gasteiger partial charge on any atom is 0.0975 e. The molecule has 0 spiro atoms. The Kier molecular flexibility index (Phi) is 2.93. The van der Waals surface area contributed by atoms with Gasteiger partial charge in [0.05, 0.1) is 12.7 Å². The fraction of sp³-hybridized carbons (Fsp3) is 0.444. The van der Waals surface area contributed by atoms with Gasteiger partial charge in [0, 0.05) is 35.5 Å². The molecule has 0 radical (unpaired) electrons. The maximum absolute atomic E-state index is 5.61. The minimum Gasteiger partial charge on any atom is -0.371 e. The zero-order valence-electron chi connectivity index (χ0n) is 7.16. The third kappa shape index (κ3) is 2.07. The van der Waals surface area contributed by atoms with Crippen molar-refractivity contribution in [2.24, 2.45) is 0 Å². The van der Waals surface area contributed by atoms with Gasteiger partial charge in [-0.3, -0.25) is 4.98 Å². The second-order valence-electron chi connectivity index (χ2n) is 2.96. The minimum absolute atomic E-state index is 0.136. The lowest BCUT2D eigenvalue weighted by atomic mass is 10.1. The Bertz CT molecular complexity index is 287. The van der Waals surface area contributed by atoms with Crippen molar-refractivity contribution in [3.8, 4) is 0 Å². The SMILES string of the molecule is Brc1ccncc1C1CNCCO1. The molecule has 0 amide bonds. The molecule has 13 heavy (non-hydrogen) atoms. The third-order valence-electron chi connectivity index (χ3n) is 2.07. The summed E-state index contributed by atoms with van der Waals surface area (Å²) in [6.07, 6.45) is 3.75. The standard InChI is InChI=1S/C9H11BrN2O/c10-8-1-2-11-5-7(8)9-6-12-3-4-13-9/h1-2,5,9,12H,3-4,6H2. The number of rotatable bonds is 1. The molecule has 2 heterocycles. The molecule has 1 saturated heterocycles. The van der Waals surface area contributed by atoms with Crippen molar-refractivity contribution in [1.82, 2.24) is 10.3 Å². The molecule has 1 aliphatic heterocycles. The Balaban J connectivity index is 2.18. The number of ether oxygens (including phenoxy) is 1. The van der Waals surface area contributed by atoms with E-state index in [1.807, 2.05) is 12.3 Å². The van der Waals surface area contributed by atoms with Crippen LogP contribution >= 0.6 is 15.9 Å². The highest BCUT2D eigenvalue weighted by molar-refractivity contribution is 9.10. The van der Waals surface area contributed by atoms with E-state index >= 15 is 0 Å². The van der Waals surface area contributed by atoms with Crippen LogP contribution in [0, 0.1) is 0 Å². The number of hydrogen-bond donors (Lipinski definition) is 1. The van der Waals surface area contributed by atoms with Crippen LogP contribution in [-0.4, -0.2) is 24.7 Å². The van der Waals surface area contributed by atoms with E-state index in [9.17, 15) is 0 Å². The van der Waals surface area contributed by atoms with E-state index in [1.54, 1.807) is 6.20 Å². The number of nitrogens with one attached hydrogen (secondary N) is 1. The zero-order chi connectivity index (χ0) is 9.10. The molecule has 0 saturated carbocycles.